The molecular weight excluding hydrogens is 172 g/mol. The Morgan fingerprint density at radius 3 is 1.79 bits per heavy atom. The first kappa shape index (κ1) is 13.9. The maximum atomic E-state index is 2.46. The summed E-state index contributed by atoms with van der Waals surface area (Å²) in [5.41, 5.74) is 0. The van der Waals surface area contributed by atoms with Crippen molar-refractivity contribution in [2.24, 2.45) is 5.92 Å². The van der Waals surface area contributed by atoms with E-state index in [2.05, 4.69) is 58.7 Å². The van der Waals surface area contributed by atoms with E-state index < -0.39 is 0 Å². The van der Waals surface area contributed by atoms with Crippen LogP contribution >= 0.6 is 0 Å². The fourth-order valence-electron chi connectivity index (χ4n) is 2.25. The highest BCUT2D eigenvalue weighted by Gasteiger charge is 2.23. The van der Waals surface area contributed by atoms with Crippen LogP contribution in [0.5, 0.6) is 0 Å². The third kappa shape index (κ3) is 3.97. The van der Waals surface area contributed by atoms with Crippen molar-refractivity contribution < 1.29 is 0 Å². The molecule has 0 aromatic carbocycles. The van der Waals surface area contributed by atoms with Gasteiger partial charge < -0.3 is 0 Å². The first-order valence-corrected chi connectivity index (χ1v) is 5.87. The van der Waals surface area contributed by atoms with Crippen molar-refractivity contribution in [1.82, 2.24) is 10.0 Å². The molecule has 14 heavy (non-hydrogen) atoms. The van der Waals surface area contributed by atoms with E-state index in [0.29, 0.717) is 12.1 Å². The van der Waals surface area contributed by atoms with E-state index in [9.17, 15) is 0 Å². The van der Waals surface area contributed by atoms with Gasteiger partial charge in [0.2, 0.25) is 0 Å². The van der Waals surface area contributed by atoms with Crippen molar-refractivity contribution in [3.05, 3.63) is 0 Å². The van der Waals surface area contributed by atoms with Gasteiger partial charge in [-0.3, -0.25) is 0 Å². The van der Waals surface area contributed by atoms with Crippen LogP contribution in [0.1, 0.15) is 47.5 Å². The lowest BCUT2D eigenvalue weighted by Crippen LogP contribution is -2.50. The zero-order chi connectivity index (χ0) is 11.3. The van der Waals surface area contributed by atoms with E-state index in [0.717, 1.165) is 5.92 Å². The minimum absolute atomic E-state index is 0.583. The summed E-state index contributed by atoms with van der Waals surface area (Å²) in [5.74, 6) is 0.768. The molecule has 0 amide bonds. The summed E-state index contributed by atoms with van der Waals surface area (Å²) in [6, 6.07) is 1.21. The van der Waals surface area contributed by atoms with E-state index in [-0.39, 0.29) is 0 Å². The first-order valence-electron chi connectivity index (χ1n) is 5.87. The Morgan fingerprint density at radius 1 is 1.00 bits per heavy atom. The molecule has 0 N–H and O–H groups in total. The van der Waals surface area contributed by atoms with Crippen molar-refractivity contribution in [2.75, 3.05) is 14.1 Å². The quantitative estimate of drug-likeness (QED) is 0.608. The normalized spacial score (nSPS) is 16.7. The van der Waals surface area contributed by atoms with Crippen LogP contribution < -0.4 is 0 Å². The van der Waals surface area contributed by atoms with E-state index >= 15 is 0 Å². The highest BCUT2D eigenvalue weighted by atomic mass is 15.6. The average molecular weight is 200 g/mol. The molecule has 0 bridgehead atoms. The third-order valence-corrected chi connectivity index (χ3v) is 2.98. The van der Waals surface area contributed by atoms with Crippen LogP contribution in [-0.2, 0) is 0 Å². The van der Waals surface area contributed by atoms with Gasteiger partial charge in [-0.2, -0.15) is 0 Å². The molecule has 0 aromatic heterocycles. The van der Waals surface area contributed by atoms with Crippen molar-refractivity contribution >= 4 is 0 Å². The summed E-state index contributed by atoms with van der Waals surface area (Å²) in [6.45, 7) is 11.5. The molecule has 2 heteroatoms. The summed E-state index contributed by atoms with van der Waals surface area (Å²) in [7, 11) is 4.27. The van der Waals surface area contributed by atoms with E-state index in [1.807, 2.05) is 0 Å². The molecule has 0 aliphatic carbocycles. The Hall–Kier alpha value is -0.0800. The molecule has 0 heterocycles. The molecule has 0 saturated carbocycles. The Morgan fingerprint density at radius 2 is 1.50 bits per heavy atom. The van der Waals surface area contributed by atoms with Gasteiger partial charge in [-0.05, 0) is 33.1 Å². The van der Waals surface area contributed by atoms with Crippen LogP contribution in [0.15, 0.2) is 0 Å². The lowest BCUT2D eigenvalue weighted by Gasteiger charge is -2.40. The second-order valence-corrected chi connectivity index (χ2v) is 4.83. The Labute approximate surface area is 90.2 Å². The van der Waals surface area contributed by atoms with Crippen LogP contribution in [-0.4, -0.2) is 36.2 Å². The highest BCUT2D eigenvalue weighted by molar-refractivity contribution is 4.72. The lowest BCUT2D eigenvalue weighted by atomic mass is 9.97. The largest absolute Gasteiger partial charge is 0.247 e. The number of nitrogens with zero attached hydrogens (tertiary/aromatic N) is 2. The predicted molar refractivity (Wildman–Crippen MR) is 64.2 cm³/mol. The Balaban J connectivity index is 4.35. The van der Waals surface area contributed by atoms with Gasteiger partial charge in [0, 0.05) is 26.2 Å². The van der Waals surface area contributed by atoms with Crippen molar-refractivity contribution in [1.29, 1.82) is 0 Å². The maximum absolute atomic E-state index is 2.46. The van der Waals surface area contributed by atoms with Crippen molar-refractivity contribution in [3.63, 3.8) is 0 Å². The molecule has 0 spiro atoms. The molecule has 2 nitrogen and oxygen atoms in total. The van der Waals surface area contributed by atoms with Gasteiger partial charge in [0.05, 0.1) is 0 Å². The minimum Gasteiger partial charge on any atom is -0.247 e. The monoisotopic (exact) mass is 200 g/mol. The first-order chi connectivity index (χ1) is 6.41. The fraction of sp³-hybridized carbons (Fsp3) is 1.00. The second kappa shape index (κ2) is 6.41. The van der Waals surface area contributed by atoms with Crippen LogP contribution in [0.25, 0.3) is 0 Å². The average Bonchev–Trinajstić information content (AvgIpc) is 2.03. The predicted octanol–water partition coefficient (Wildman–Crippen LogP) is 3.00. The van der Waals surface area contributed by atoms with Gasteiger partial charge in [0.25, 0.3) is 0 Å². The SMILES string of the molecule is CCCC(C)C(C)N(C(C)C)N(C)C. The topological polar surface area (TPSA) is 6.48 Å². The zero-order valence-electron chi connectivity index (χ0n) is 11.0. The van der Waals surface area contributed by atoms with Crippen LogP contribution in [0.4, 0.5) is 0 Å². The summed E-state index contributed by atoms with van der Waals surface area (Å²) >= 11 is 0. The lowest BCUT2D eigenvalue weighted by molar-refractivity contribution is -0.0587. The van der Waals surface area contributed by atoms with Crippen molar-refractivity contribution in [2.45, 2.75) is 59.5 Å². The Kier molecular flexibility index (Phi) is 6.38. The summed E-state index contributed by atoms with van der Waals surface area (Å²) in [4.78, 5) is 0. The van der Waals surface area contributed by atoms with Gasteiger partial charge in [-0.1, -0.05) is 20.3 Å². The summed E-state index contributed by atoms with van der Waals surface area (Å²) in [6.07, 6.45) is 2.60. The molecule has 0 radical (unpaired) electrons. The highest BCUT2D eigenvalue weighted by Crippen LogP contribution is 2.18. The molecule has 0 fully saturated rings. The van der Waals surface area contributed by atoms with Gasteiger partial charge >= 0.3 is 0 Å². The van der Waals surface area contributed by atoms with Crippen molar-refractivity contribution in [3.8, 4) is 0 Å². The van der Waals surface area contributed by atoms with Crippen LogP contribution in [0.2, 0.25) is 0 Å². The molecule has 0 rings (SSSR count). The fourth-order valence-corrected chi connectivity index (χ4v) is 2.25. The molecule has 86 valence electrons. The maximum Gasteiger partial charge on any atom is 0.0245 e. The molecule has 2 unspecified atom stereocenters. The van der Waals surface area contributed by atoms with E-state index in [1.165, 1.54) is 12.8 Å². The number of hydrazine groups is 1. The van der Waals surface area contributed by atoms with Gasteiger partial charge in [-0.15, -0.1) is 0 Å². The smallest absolute Gasteiger partial charge is 0.0245 e. The molecule has 0 aromatic rings. The Bertz CT molecular complexity index is 135. The minimum atomic E-state index is 0.583. The summed E-state index contributed by atoms with van der Waals surface area (Å²) in [5, 5.41) is 4.68. The standard InChI is InChI=1S/C12H28N2/c1-8-9-11(4)12(5)14(10(2)3)13(6)7/h10-12H,8-9H2,1-7H3. The molecule has 2 atom stereocenters. The van der Waals surface area contributed by atoms with Gasteiger partial charge in [0.1, 0.15) is 0 Å². The van der Waals surface area contributed by atoms with Crippen LogP contribution in [0, 0.1) is 5.92 Å². The number of hydrogen-bond donors (Lipinski definition) is 0. The zero-order valence-corrected chi connectivity index (χ0v) is 11.0. The number of rotatable bonds is 6. The molecule has 0 aliphatic rings. The molecule has 0 aliphatic heterocycles. The summed E-state index contributed by atoms with van der Waals surface area (Å²) < 4.78 is 0. The molecular formula is C12H28N2. The molecule has 0 saturated heterocycles. The number of hydrogen-bond acceptors (Lipinski definition) is 2. The van der Waals surface area contributed by atoms with Gasteiger partial charge in [-0.25, -0.2) is 10.0 Å². The third-order valence-electron chi connectivity index (χ3n) is 2.98. The van der Waals surface area contributed by atoms with E-state index in [1.54, 1.807) is 0 Å². The van der Waals surface area contributed by atoms with E-state index in [4.69, 9.17) is 0 Å². The van der Waals surface area contributed by atoms with Gasteiger partial charge in [0.15, 0.2) is 0 Å². The second-order valence-electron chi connectivity index (χ2n) is 4.83. The van der Waals surface area contributed by atoms with Crippen LogP contribution in [0.3, 0.4) is 0 Å².